The van der Waals surface area contributed by atoms with Crippen LogP contribution in [0.15, 0.2) is 59.8 Å². The van der Waals surface area contributed by atoms with Crippen molar-refractivity contribution in [3.05, 3.63) is 54.9 Å². The number of hydrogen-bond acceptors (Lipinski definition) is 7. The van der Waals surface area contributed by atoms with Crippen LogP contribution in [0.3, 0.4) is 0 Å². The highest BCUT2D eigenvalue weighted by Gasteiger charge is 2.23. The Morgan fingerprint density at radius 1 is 0.971 bits per heavy atom. The quantitative estimate of drug-likeness (QED) is 0.348. The Balaban J connectivity index is 1.53. The van der Waals surface area contributed by atoms with Crippen LogP contribution in [0.2, 0.25) is 0 Å². The summed E-state index contributed by atoms with van der Waals surface area (Å²) in [6.07, 6.45) is 8.95. The largest absolute Gasteiger partial charge is 0.378 e. The zero-order valence-electron chi connectivity index (χ0n) is 19.9. The van der Waals surface area contributed by atoms with Crippen LogP contribution < -0.4 is 4.90 Å². The molecule has 2 saturated heterocycles. The molecule has 0 spiro atoms. The Bertz CT molecular complexity index is 1310. The lowest BCUT2D eigenvalue weighted by atomic mass is 10.00. The van der Waals surface area contributed by atoms with Crippen molar-refractivity contribution in [2.75, 3.05) is 44.1 Å². The molecule has 0 radical (unpaired) electrons. The van der Waals surface area contributed by atoms with Gasteiger partial charge in [0.1, 0.15) is 17.0 Å². The van der Waals surface area contributed by atoms with Crippen LogP contribution in [-0.4, -0.2) is 58.9 Å². The molecule has 1 aromatic carbocycles. The summed E-state index contributed by atoms with van der Waals surface area (Å²) in [6, 6.07) is 15.1. The van der Waals surface area contributed by atoms with Gasteiger partial charge in [-0.1, -0.05) is 12.1 Å². The summed E-state index contributed by atoms with van der Waals surface area (Å²) >= 11 is 1.75. The minimum atomic E-state index is -0.0632. The van der Waals surface area contributed by atoms with Gasteiger partial charge in [-0.15, -0.1) is 11.8 Å². The minimum Gasteiger partial charge on any atom is -0.378 e. The molecule has 4 aromatic rings. The molecule has 2 fully saturated rings. The molecule has 180 valence electrons. The molecule has 6 rings (SSSR count). The maximum Gasteiger partial charge on any atom is 0.150 e. The van der Waals surface area contributed by atoms with Gasteiger partial charge in [-0.05, 0) is 67.0 Å². The summed E-state index contributed by atoms with van der Waals surface area (Å²) in [4.78, 5) is 13.6. The fraction of sp³-hybridized carbons (Fsp3) is 0.370. The van der Waals surface area contributed by atoms with Crippen molar-refractivity contribution in [3.8, 4) is 22.5 Å². The Morgan fingerprint density at radius 2 is 1.83 bits per heavy atom. The van der Waals surface area contributed by atoms with Crippen molar-refractivity contribution >= 4 is 28.5 Å². The highest BCUT2D eigenvalue weighted by molar-refractivity contribution is 7.98. The minimum absolute atomic E-state index is 0.0632. The number of thioether (sulfide) groups is 1. The average Bonchev–Trinajstić information content (AvgIpc) is 3.43. The second kappa shape index (κ2) is 9.97. The Kier molecular flexibility index (Phi) is 6.41. The zero-order chi connectivity index (χ0) is 23.6. The van der Waals surface area contributed by atoms with Gasteiger partial charge < -0.3 is 14.4 Å². The fourth-order valence-corrected chi connectivity index (χ4v) is 5.35. The van der Waals surface area contributed by atoms with Crippen LogP contribution >= 0.6 is 11.8 Å². The van der Waals surface area contributed by atoms with E-state index in [2.05, 4.69) is 52.7 Å². The van der Waals surface area contributed by atoms with E-state index in [0.29, 0.717) is 13.2 Å². The lowest BCUT2D eigenvalue weighted by Gasteiger charge is -2.29. The zero-order valence-corrected chi connectivity index (χ0v) is 20.7. The van der Waals surface area contributed by atoms with Crippen LogP contribution in [0, 0.1) is 0 Å². The van der Waals surface area contributed by atoms with E-state index in [-0.39, 0.29) is 6.23 Å². The number of rotatable bonds is 5. The van der Waals surface area contributed by atoms with Gasteiger partial charge in [0.25, 0.3) is 0 Å². The van der Waals surface area contributed by atoms with E-state index >= 15 is 0 Å². The number of aromatic nitrogens is 4. The Hall–Kier alpha value is -2.94. The van der Waals surface area contributed by atoms with Gasteiger partial charge in [-0.3, -0.25) is 4.98 Å². The van der Waals surface area contributed by atoms with Crippen molar-refractivity contribution in [2.24, 2.45) is 0 Å². The molecule has 2 aliphatic rings. The van der Waals surface area contributed by atoms with Gasteiger partial charge in [0, 0.05) is 42.4 Å². The molecule has 8 heteroatoms. The highest BCUT2D eigenvalue weighted by Crippen LogP contribution is 2.37. The molecule has 0 aliphatic carbocycles. The maximum atomic E-state index is 6.06. The van der Waals surface area contributed by atoms with Crippen molar-refractivity contribution in [2.45, 2.75) is 30.4 Å². The van der Waals surface area contributed by atoms with E-state index < -0.39 is 0 Å². The molecule has 0 bridgehead atoms. The summed E-state index contributed by atoms with van der Waals surface area (Å²) in [6.45, 7) is 3.84. The number of benzene rings is 1. The first kappa shape index (κ1) is 22.5. The number of nitrogens with zero attached hydrogens (tertiary/aromatic N) is 5. The van der Waals surface area contributed by atoms with Crippen LogP contribution in [0.1, 0.15) is 25.5 Å². The van der Waals surface area contributed by atoms with E-state index in [1.807, 2.05) is 23.1 Å². The van der Waals surface area contributed by atoms with Crippen molar-refractivity contribution in [1.82, 2.24) is 19.7 Å². The first-order valence-electron chi connectivity index (χ1n) is 12.2. The molecule has 0 N–H and O–H groups in total. The molecule has 3 aromatic heterocycles. The predicted octanol–water partition coefficient (Wildman–Crippen LogP) is 5.42. The number of hydrogen-bond donors (Lipinski definition) is 0. The van der Waals surface area contributed by atoms with Crippen LogP contribution in [0.5, 0.6) is 0 Å². The third-order valence-corrected chi connectivity index (χ3v) is 7.54. The van der Waals surface area contributed by atoms with E-state index in [1.54, 1.807) is 11.8 Å². The standard InChI is InChI=1S/C27H29N5O2S/c1-35-20-7-5-19(6-8-20)22-18-24(31-13-16-33-17-14-31)30-26-21(22)9-11-28-27(26)23-10-12-29-32(23)25-4-2-3-15-34-25/h5-12,18,25H,2-4,13-17H2,1H3. The third kappa shape index (κ3) is 4.42. The molecule has 5 heterocycles. The van der Waals surface area contributed by atoms with Crippen LogP contribution in [0.25, 0.3) is 33.4 Å². The topological polar surface area (TPSA) is 65.3 Å². The number of pyridine rings is 2. The summed E-state index contributed by atoms with van der Waals surface area (Å²) < 4.78 is 13.6. The smallest absolute Gasteiger partial charge is 0.150 e. The van der Waals surface area contributed by atoms with E-state index in [0.717, 1.165) is 72.6 Å². The lowest BCUT2D eigenvalue weighted by molar-refractivity contribution is -0.0383. The molecule has 7 nitrogen and oxygen atoms in total. The van der Waals surface area contributed by atoms with Crippen molar-refractivity contribution < 1.29 is 9.47 Å². The lowest BCUT2D eigenvalue weighted by Crippen LogP contribution is -2.36. The van der Waals surface area contributed by atoms with Gasteiger partial charge in [-0.25, -0.2) is 9.67 Å². The van der Waals surface area contributed by atoms with Gasteiger partial charge in [0.15, 0.2) is 6.23 Å². The second-order valence-electron chi connectivity index (χ2n) is 8.89. The highest BCUT2D eigenvalue weighted by atomic mass is 32.2. The monoisotopic (exact) mass is 487 g/mol. The van der Waals surface area contributed by atoms with Gasteiger partial charge in [0.2, 0.25) is 0 Å². The molecular weight excluding hydrogens is 458 g/mol. The summed E-state index contributed by atoms with van der Waals surface area (Å²) in [5, 5.41) is 5.71. The Morgan fingerprint density at radius 3 is 2.60 bits per heavy atom. The predicted molar refractivity (Wildman–Crippen MR) is 140 cm³/mol. The van der Waals surface area contributed by atoms with Crippen LogP contribution in [0.4, 0.5) is 5.82 Å². The SMILES string of the molecule is CSc1ccc(-c2cc(N3CCOCC3)nc3c(-c4ccnn4C4CCCCO4)nccc23)cc1. The number of anilines is 1. The summed E-state index contributed by atoms with van der Waals surface area (Å²) in [5.41, 5.74) is 5.00. The van der Waals surface area contributed by atoms with Crippen LogP contribution in [-0.2, 0) is 9.47 Å². The molecule has 0 saturated carbocycles. The maximum absolute atomic E-state index is 6.06. The molecule has 35 heavy (non-hydrogen) atoms. The normalized spacial score (nSPS) is 18.8. The summed E-state index contributed by atoms with van der Waals surface area (Å²) in [5.74, 6) is 0.957. The molecule has 1 atom stereocenters. The third-order valence-electron chi connectivity index (χ3n) is 6.79. The average molecular weight is 488 g/mol. The van der Waals surface area contributed by atoms with Crippen molar-refractivity contribution in [1.29, 1.82) is 0 Å². The van der Waals surface area contributed by atoms with Gasteiger partial charge in [-0.2, -0.15) is 5.10 Å². The molecular formula is C27H29N5O2S. The van der Waals surface area contributed by atoms with E-state index in [4.69, 9.17) is 19.4 Å². The number of morpholine rings is 1. The first-order valence-corrected chi connectivity index (χ1v) is 13.5. The van der Waals surface area contributed by atoms with Gasteiger partial charge >= 0.3 is 0 Å². The summed E-state index contributed by atoms with van der Waals surface area (Å²) in [7, 11) is 0. The van der Waals surface area contributed by atoms with Gasteiger partial charge in [0.05, 0.1) is 18.9 Å². The molecule has 2 aliphatic heterocycles. The number of ether oxygens (including phenoxy) is 2. The molecule has 0 amide bonds. The van der Waals surface area contributed by atoms with Crippen molar-refractivity contribution in [3.63, 3.8) is 0 Å². The van der Waals surface area contributed by atoms with E-state index in [9.17, 15) is 0 Å². The molecule has 1 unspecified atom stereocenters. The second-order valence-corrected chi connectivity index (χ2v) is 9.77. The Labute approximate surface area is 209 Å². The number of fused-ring (bicyclic) bond motifs is 1. The fourth-order valence-electron chi connectivity index (χ4n) is 4.94. The first-order chi connectivity index (χ1) is 17.3. The van der Waals surface area contributed by atoms with E-state index in [1.165, 1.54) is 10.5 Å².